The molecule has 0 heterocycles. The van der Waals surface area contributed by atoms with Crippen LogP contribution in [-0.4, -0.2) is 37.1 Å². The molecule has 0 unspecified atom stereocenters. The second-order valence-corrected chi connectivity index (χ2v) is 7.93. The molecule has 0 atom stereocenters. The van der Waals surface area contributed by atoms with Gasteiger partial charge < -0.3 is 10.0 Å². The quantitative estimate of drug-likeness (QED) is 0.610. The fourth-order valence-electron chi connectivity index (χ4n) is 3.20. The minimum absolute atomic E-state index is 0.0517. The first-order chi connectivity index (χ1) is 11.1. The van der Waals surface area contributed by atoms with Crippen LogP contribution in [0.4, 0.5) is 11.4 Å². The smallest absolute Gasteiger partial charge is 0.293 e. The molecule has 0 amide bonds. The van der Waals surface area contributed by atoms with Crippen molar-refractivity contribution in [1.29, 1.82) is 0 Å². The minimum Gasteiger partial charge on any atom is -0.390 e. The summed E-state index contributed by atoms with van der Waals surface area (Å²) in [4.78, 5) is 12.2. The number of aliphatic hydroxyl groups is 1. The number of primary sulfonamides is 1. The first kappa shape index (κ1) is 18.6. The Balaban J connectivity index is 2.30. The maximum Gasteiger partial charge on any atom is 0.293 e. The van der Waals surface area contributed by atoms with Crippen molar-refractivity contribution in [2.75, 3.05) is 11.9 Å². The van der Waals surface area contributed by atoms with Gasteiger partial charge in [0.15, 0.2) is 0 Å². The zero-order valence-electron chi connectivity index (χ0n) is 13.8. The van der Waals surface area contributed by atoms with Crippen LogP contribution in [-0.2, 0) is 10.0 Å². The number of rotatable bonds is 5. The van der Waals surface area contributed by atoms with E-state index < -0.39 is 20.5 Å². The average Bonchev–Trinajstić information content (AvgIpc) is 2.53. The van der Waals surface area contributed by atoms with Crippen LogP contribution in [0.3, 0.4) is 0 Å². The summed E-state index contributed by atoms with van der Waals surface area (Å²) in [7, 11) is -2.25. The van der Waals surface area contributed by atoms with E-state index in [1.807, 2.05) is 6.92 Å². The molecule has 8 nitrogen and oxygen atoms in total. The molecular formula is C15H23N3O5S. The molecule has 9 heteroatoms. The number of nitro benzene ring substituents is 1. The zero-order chi connectivity index (χ0) is 18.1. The number of nitrogens with two attached hydrogens (primary N) is 1. The van der Waals surface area contributed by atoms with E-state index in [0.29, 0.717) is 24.9 Å². The number of hydrogen-bond donors (Lipinski definition) is 2. The van der Waals surface area contributed by atoms with Gasteiger partial charge in [0.1, 0.15) is 5.69 Å². The lowest BCUT2D eigenvalue weighted by Crippen LogP contribution is -2.42. The van der Waals surface area contributed by atoms with Gasteiger partial charge in [-0.2, -0.15) is 0 Å². The Kier molecular flexibility index (Phi) is 5.17. The molecule has 1 fully saturated rings. The molecular weight excluding hydrogens is 334 g/mol. The molecule has 1 aromatic rings. The standard InChI is InChI=1S/C15H23N3O5S/c1-3-15(19)8-6-11(7-9-15)17(2)13-5-4-12(24(16,22)23)10-14(13)18(20)21/h4-5,10-11,19H,3,6-9H2,1-2H3,(H2,16,22,23)/t11-,15-. The number of benzene rings is 1. The normalized spacial score (nSPS) is 24.6. The van der Waals surface area contributed by atoms with Gasteiger partial charge in [-0.3, -0.25) is 10.1 Å². The van der Waals surface area contributed by atoms with Gasteiger partial charge in [0.2, 0.25) is 10.0 Å². The van der Waals surface area contributed by atoms with E-state index in [2.05, 4.69) is 0 Å². The van der Waals surface area contributed by atoms with Crippen molar-refractivity contribution in [1.82, 2.24) is 0 Å². The van der Waals surface area contributed by atoms with Crippen LogP contribution >= 0.6 is 0 Å². The Bertz CT molecular complexity index is 727. The summed E-state index contributed by atoms with van der Waals surface area (Å²) in [5.41, 5.74) is -0.597. The fourth-order valence-corrected chi connectivity index (χ4v) is 3.74. The summed E-state index contributed by atoms with van der Waals surface area (Å²) in [5.74, 6) is 0. The van der Waals surface area contributed by atoms with E-state index in [0.717, 1.165) is 18.9 Å². The third kappa shape index (κ3) is 3.85. The van der Waals surface area contributed by atoms with Crippen LogP contribution < -0.4 is 10.0 Å². The van der Waals surface area contributed by atoms with E-state index in [-0.39, 0.29) is 16.6 Å². The second-order valence-electron chi connectivity index (χ2n) is 6.37. The lowest BCUT2D eigenvalue weighted by molar-refractivity contribution is -0.384. The maximum atomic E-state index is 11.4. The number of hydrogen-bond acceptors (Lipinski definition) is 6. The fraction of sp³-hybridized carbons (Fsp3) is 0.600. The maximum absolute atomic E-state index is 11.4. The zero-order valence-corrected chi connectivity index (χ0v) is 14.6. The van der Waals surface area contributed by atoms with Crippen molar-refractivity contribution in [3.63, 3.8) is 0 Å². The van der Waals surface area contributed by atoms with Crippen molar-refractivity contribution in [2.24, 2.45) is 5.14 Å². The number of sulfonamides is 1. The average molecular weight is 357 g/mol. The van der Waals surface area contributed by atoms with E-state index in [4.69, 9.17) is 5.14 Å². The molecule has 0 saturated heterocycles. The predicted octanol–water partition coefficient (Wildman–Crippen LogP) is 1.76. The van der Waals surface area contributed by atoms with E-state index in [1.54, 1.807) is 11.9 Å². The molecule has 2 rings (SSSR count). The highest BCUT2D eigenvalue weighted by atomic mass is 32.2. The second kappa shape index (κ2) is 6.66. The van der Waals surface area contributed by atoms with Crippen LogP contribution in [0.5, 0.6) is 0 Å². The van der Waals surface area contributed by atoms with Crippen molar-refractivity contribution < 1.29 is 18.4 Å². The van der Waals surface area contributed by atoms with Crippen LogP contribution in [0.2, 0.25) is 0 Å². The van der Waals surface area contributed by atoms with Gasteiger partial charge in [-0.05, 0) is 44.2 Å². The topological polar surface area (TPSA) is 127 Å². The summed E-state index contributed by atoms with van der Waals surface area (Å²) in [5, 5.41) is 26.7. The number of nitrogens with zero attached hydrogens (tertiary/aromatic N) is 2. The number of anilines is 1. The Morgan fingerprint density at radius 3 is 2.46 bits per heavy atom. The van der Waals surface area contributed by atoms with E-state index >= 15 is 0 Å². The van der Waals surface area contributed by atoms with Crippen molar-refractivity contribution in [2.45, 2.75) is 55.6 Å². The molecule has 0 radical (unpaired) electrons. The monoisotopic (exact) mass is 357 g/mol. The molecule has 0 spiro atoms. The molecule has 1 aromatic carbocycles. The highest BCUT2D eigenvalue weighted by Gasteiger charge is 2.34. The van der Waals surface area contributed by atoms with Gasteiger partial charge in [-0.15, -0.1) is 0 Å². The van der Waals surface area contributed by atoms with Gasteiger partial charge >= 0.3 is 0 Å². The summed E-state index contributed by atoms with van der Waals surface area (Å²) in [6.07, 6.45) is 3.40. The Labute approximate surface area is 141 Å². The lowest BCUT2D eigenvalue weighted by Gasteiger charge is -2.39. The number of nitro groups is 1. The molecule has 1 aliphatic carbocycles. The molecule has 1 saturated carbocycles. The summed E-state index contributed by atoms with van der Waals surface area (Å²) < 4.78 is 22.8. The van der Waals surface area contributed by atoms with Crippen LogP contribution in [0, 0.1) is 10.1 Å². The summed E-state index contributed by atoms with van der Waals surface area (Å²) in [6, 6.07) is 3.74. The molecule has 24 heavy (non-hydrogen) atoms. The minimum atomic E-state index is -4.00. The van der Waals surface area contributed by atoms with E-state index in [1.165, 1.54) is 12.1 Å². The first-order valence-electron chi connectivity index (χ1n) is 7.84. The third-order valence-electron chi connectivity index (χ3n) is 4.94. The van der Waals surface area contributed by atoms with Crippen molar-refractivity contribution in [3.05, 3.63) is 28.3 Å². The molecule has 0 aliphatic heterocycles. The first-order valence-corrected chi connectivity index (χ1v) is 9.38. The van der Waals surface area contributed by atoms with Crippen LogP contribution in [0.1, 0.15) is 39.0 Å². The molecule has 0 aromatic heterocycles. The highest BCUT2D eigenvalue weighted by molar-refractivity contribution is 7.89. The SMILES string of the molecule is CC[C@]1(O)CC[C@H](N(C)c2ccc(S(N)(=O)=O)cc2[N+](=O)[O-])CC1. The van der Waals surface area contributed by atoms with Crippen molar-refractivity contribution in [3.8, 4) is 0 Å². The van der Waals surface area contributed by atoms with Gasteiger partial charge in [0, 0.05) is 19.2 Å². The lowest BCUT2D eigenvalue weighted by atomic mass is 9.80. The van der Waals surface area contributed by atoms with Gasteiger partial charge in [0.05, 0.1) is 15.4 Å². The molecule has 0 bridgehead atoms. The van der Waals surface area contributed by atoms with E-state index in [9.17, 15) is 23.6 Å². The van der Waals surface area contributed by atoms with Crippen LogP contribution in [0.25, 0.3) is 0 Å². The van der Waals surface area contributed by atoms with Gasteiger partial charge in [0.25, 0.3) is 5.69 Å². The van der Waals surface area contributed by atoms with Gasteiger partial charge in [-0.25, -0.2) is 13.6 Å². The van der Waals surface area contributed by atoms with Gasteiger partial charge in [-0.1, -0.05) is 6.92 Å². The molecule has 3 N–H and O–H groups in total. The highest BCUT2D eigenvalue weighted by Crippen LogP contribution is 2.37. The van der Waals surface area contributed by atoms with Crippen molar-refractivity contribution >= 4 is 21.4 Å². The predicted molar refractivity (Wildman–Crippen MR) is 90.4 cm³/mol. The largest absolute Gasteiger partial charge is 0.390 e. The Hall–Kier alpha value is -1.71. The molecule has 134 valence electrons. The van der Waals surface area contributed by atoms with Crippen LogP contribution in [0.15, 0.2) is 23.1 Å². The Morgan fingerprint density at radius 2 is 2.00 bits per heavy atom. The summed E-state index contributed by atoms with van der Waals surface area (Å²) >= 11 is 0. The molecule has 1 aliphatic rings. The Morgan fingerprint density at radius 1 is 1.42 bits per heavy atom. The third-order valence-corrected chi connectivity index (χ3v) is 5.85. The summed E-state index contributed by atoms with van der Waals surface area (Å²) in [6.45, 7) is 1.95.